The Morgan fingerprint density at radius 2 is 0.926 bits per heavy atom. The summed E-state index contributed by atoms with van der Waals surface area (Å²) in [6.07, 6.45) is -180. The Balaban J connectivity index is 9.08. The Hall–Kier alpha value is -0.990. The van der Waals surface area contributed by atoms with Crippen molar-refractivity contribution in [2.45, 2.75) is 224 Å². The molecule has 54 heavy (non-hydrogen) atoms. The second-order valence-electron chi connectivity index (χ2n) is 7.34. The molecule has 0 aromatic rings. The summed E-state index contributed by atoms with van der Waals surface area (Å²) in [7, 11) is -7.53. The van der Waals surface area contributed by atoms with E-state index in [1.165, 1.54) is 0 Å². The van der Waals surface area contributed by atoms with Crippen LogP contribution in [-0.4, -0.2) is 69.7 Å². The van der Waals surface area contributed by atoms with Crippen molar-refractivity contribution in [2.24, 2.45) is 0 Å². The van der Waals surface area contributed by atoms with Gasteiger partial charge in [-0.25, -0.2) is 0 Å². The Bertz CT molecular complexity index is 4320. The minimum Gasteiger partial charge on any atom is -0.756 e. The largest absolute Gasteiger partial charge is 0.756 e. The number of phosphoric ester groups is 1. The van der Waals surface area contributed by atoms with Crippen LogP contribution in [0.1, 0.15) is 331 Å². The summed E-state index contributed by atoms with van der Waals surface area (Å²) >= 11 is 0. The van der Waals surface area contributed by atoms with E-state index in [1.807, 2.05) is 0 Å². The summed E-state index contributed by atoms with van der Waals surface area (Å²) in [5.41, 5.74) is 0. The molecule has 0 spiro atoms. The summed E-state index contributed by atoms with van der Waals surface area (Å²) < 4.78 is 708. The van der Waals surface area contributed by atoms with Crippen LogP contribution in [0, 0.1) is 0 Å². The van der Waals surface area contributed by atoms with Gasteiger partial charge in [0, 0.05) is 109 Å². The number of nitrogens with zero attached hydrogens (tertiary/aromatic N) is 1. The number of esters is 2. The molecule has 10 heteroatoms. The smallest absolute Gasteiger partial charge is 0.306 e. The third-order valence-corrected chi connectivity index (χ3v) is 4.32. The molecular weight excluding hydrogens is 701 g/mol. The molecule has 0 rings (SSSR count). The Labute approximate surface area is 450 Å². The van der Waals surface area contributed by atoms with E-state index in [1.54, 1.807) is 0 Å². The highest BCUT2D eigenvalue weighted by molar-refractivity contribution is 7.45. The van der Waals surface area contributed by atoms with Crippen molar-refractivity contribution in [2.75, 3.05) is 47.2 Å². The second-order valence-corrected chi connectivity index (χ2v) is 8.68. The van der Waals surface area contributed by atoms with Gasteiger partial charge in [0.2, 0.25) is 0 Å². The number of carbonyl (C=O) groups excluding carboxylic acids is 2. The Kier molecular flexibility index (Phi) is 5.47. The third-order valence-electron chi connectivity index (χ3n) is 3.54. The number of hydrogen-bond acceptors (Lipinski definition) is 8. The molecule has 1 unspecified atom stereocenters. The lowest BCUT2D eigenvalue weighted by Crippen LogP contribution is -2.37. The molecule has 0 fully saturated rings. The molecule has 0 aliphatic heterocycles. The van der Waals surface area contributed by atoms with Crippen LogP contribution in [-0.2, 0) is 32.7 Å². The summed E-state index contributed by atoms with van der Waals surface area (Å²) in [6.45, 7) is -40.0. The molecule has 0 amide bonds. The van der Waals surface area contributed by atoms with Crippen LogP contribution < -0.4 is 4.89 Å². The monoisotopic (exact) mass is 873 g/mol. The van der Waals surface area contributed by atoms with Crippen LogP contribution in [0.25, 0.3) is 0 Å². The predicted molar refractivity (Wildman–Crippen MR) is 222 cm³/mol. The Morgan fingerprint density at radius 1 is 0.556 bits per heavy atom. The molecule has 0 N–H and O–H groups in total. The molecule has 0 saturated carbocycles. The fourth-order valence-electron chi connectivity index (χ4n) is 1.82. The zero-order chi connectivity index (χ0) is 113. The maximum absolute atomic E-state index is 14.2. The molecule has 0 aromatic carbocycles. The molecule has 2 atom stereocenters. The summed E-state index contributed by atoms with van der Waals surface area (Å²) in [5.74, 6) is -6.92. The zero-order valence-corrected chi connectivity index (χ0v) is 27.5. The average molecular weight is 874 g/mol. The number of ether oxygens (including phenoxy) is 2. The van der Waals surface area contributed by atoms with E-state index in [-0.39, 0.29) is 0 Å². The van der Waals surface area contributed by atoms with Crippen LogP contribution in [0.2, 0.25) is 0 Å². The number of hydrogen-bond donors (Lipinski definition) is 0. The SMILES string of the molecule is [2H]C([2H])([2H])C([2H])([2H])C([2H])([2H])C([2H])([2H])C([2H])([2H])C([2H])([2H])C([2H])([2H])C([2H])([2H])C([2H])([2H])C([2H])([2H])C([2H])([2H])C([2H])([2H])C([2H])([2H])C([2H])([2H])C([2H])([2H])C([2H])([2H])C([2H])([2H])C(=O)OC[C@H](COP(=O)([O-])OC([2H])([2H])C([2H])([2H])[N+](C([2H])([2H])[2H])(C([2H])([2H])[2H])C([2H])([2H])[2H])OC(=O)C([2H])([2H])C([2H])([2H])C([2H])([2H])C([2H])([2H])C([2H])([2H])C([2H])([2H])C([2H])([2H])C([2H])([2H])C([2H])([2H])C([2H])([2H])C([2H])([2H])C([2H])([2H])C([2H])([2H])C([2H])([2H])C([2H])([2H])C([2H])([2H])C([2H])([2H])[2H]. The fourth-order valence-corrected chi connectivity index (χ4v) is 2.38. The van der Waals surface area contributed by atoms with Crippen molar-refractivity contribution >= 4 is 19.8 Å². The fraction of sp³-hybridized carbons (Fsp3) is 0.955. The van der Waals surface area contributed by atoms with Crippen LogP contribution in [0.15, 0.2) is 0 Å². The number of likely N-dealkylation sites (N-methyl/N-ethyl adjacent to an activating group) is 1. The zero-order valence-electron chi connectivity index (χ0n) is 110. The van der Waals surface area contributed by atoms with E-state index in [4.69, 9.17) is 114 Å². The van der Waals surface area contributed by atoms with E-state index < -0.39 is 295 Å². The first-order valence-corrected chi connectivity index (χ1v) is 14.5. The van der Waals surface area contributed by atoms with Crippen molar-refractivity contribution in [1.29, 1.82) is 0 Å². The summed E-state index contributed by atoms with van der Waals surface area (Å²) in [4.78, 5) is 41.9. The Morgan fingerprint density at radius 3 is 1.31 bits per heavy atom. The topological polar surface area (TPSA) is 111 Å². The molecule has 0 radical (unpaired) electrons. The number of rotatable bonds is 42. The van der Waals surface area contributed by atoms with Gasteiger partial charge in [0.15, 0.2) is 6.10 Å². The number of quaternary nitrogens is 1. The van der Waals surface area contributed by atoms with Crippen molar-refractivity contribution in [3.05, 3.63) is 0 Å². The van der Waals surface area contributed by atoms with Gasteiger partial charge in [-0.15, -0.1) is 0 Å². The lowest BCUT2D eigenvalue weighted by Gasteiger charge is -2.28. The molecule has 0 aromatic heterocycles. The van der Waals surface area contributed by atoms with Crippen molar-refractivity contribution in [1.82, 2.24) is 0 Å². The van der Waals surface area contributed by atoms with E-state index in [0.717, 1.165) is 0 Å². The van der Waals surface area contributed by atoms with Crippen molar-refractivity contribution in [3.8, 4) is 0 Å². The average Bonchev–Trinajstić information content (AvgIpc) is 0.663. The number of phosphoric acid groups is 1. The van der Waals surface area contributed by atoms with Gasteiger partial charge in [-0.1, -0.05) is 192 Å². The first-order valence-electron chi connectivity index (χ1n) is 54.5. The van der Waals surface area contributed by atoms with Gasteiger partial charge in [-0.3, -0.25) is 14.2 Å². The number of carbonyl (C=O) groups is 2. The minimum atomic E-state index is -7.53. The minimum absolute atomic E-state index is 2.77. The first kappa shape index (κ1) is 7.87. The van der Waals surface area contributed by atoms with Gasteiger partial charge in [0.05, 0.1) is 45.4 Å². The molecule has 0 aliphatic carbocycles. The maximum Gasteiger partial charge on any atom is 0.306 e. The van der Waals surface area contributed by atoms with E-state index in [9.17, 15) is 19.0 Å². The van der Waals surface area contributed by atoms with Crippen LogP contribution in [0.3, 0.4) is 0 Å². The quantitative estimate of drug-likeness (QED) is 0.0339. The van der Waals surface area contributed by atoms with Gasteiger partial charge in [-0.05, 0) is 12.7 Å². The lowest BCUT2D eigenvalue weighted by molar-refractivity contribution is -0.870. The summed E-state index contributed by atoms with van der Waals surface area (Å²) in [5, 5.41) is 0. The van der Waals surface area contributed by atoms with Gasteiger partial charge in [0.25, 0.3) is 7.82 Å². The molecule has 0 bridgehead atoms. The molecule has 322 valence electrons. The van der Waals surface area contributed by atoms with Crippen LogP contribution >= 0.6 is 7.82 Å². The molecule has 0 heterocycles. The molecule has 9 nitrogen and oxygen atoms in total. The van der Waals surface area contributed by atoms with Gasteiger partial charge in [-0.2, -0.15) is 0 Å². The highest BCUT2D eigenvalue weighted by Crippen LogP contribution is 2.38. The van der Waals surface area contributed by atoms with Gasteiger partial charge in [0.1, 0.15) is 19.7 Å². The van der Waals surface area contributed by atoms with E-state index in [0.29, 0.717) is 0 Å². The highest BCUT2D eigenvalue weighted by atomic mass is 31.2. The van der Waals surface area contributed by atoms with Gasteiger partial charge < -0.3 is 27.9 Å². The molecule has 0 aliphatic rings. The molecule has 0 saturated heterocycles. The normalized spacial score (nSPS) is 46.5. The second kappa shape index (κ2) is 37.6. The van der Waals surface area contributed by atoms with Gasteiger partial charge >= 0.3 is 11.9 Å². The van der Waals surface area contributed by atoms with Crippen molar-refractivity contribution < 1.29 is 156 Å². The van der Waals surface area contributed by atoms with Crippen molar-refractivity contribution in [3.63, 3.8) is 0 Å². The molecular formula is C44H88NO8P. The maximum atomic E-state index is 14.2. The van der Waals surface area contributed by atoms with Crippen LogP contribution in [0.4, 0.5) is 0 Å². The van der Waals surface area contributed by atoms with E-state index >= 15 is 0 Å². The predicted octanol–water partition coefficient (Wildman–Crippen LogP) is 12.2. The van der Waals surface area contributed by atoms with E-state index in [2.05, 4.69) is 18.5 Å². The third kappa shape index (κ3) is 40.7. The summed E-state index contributed by atoms with van der Waals surface area (Å²) in [6, 6.07) is 0. The lowest BCUT2D eigenvalue weighted by atomic mass is 10.0. The highest BCUT2D eigenvalue weighted by Gasteiger charge is 2.21. The van der Waals surface area contributed by atoms with Crippen LogP contribution in [0.5, 0.6) is 0 Å². The first-order chi connectivity index (χ1) is 57.6. The standard InChI is InChI=1S/C44H88NO8P/c1-6-8-10-12-14-16-18-20-22-24-26-28-30-32-34-36-43(46)50-40-42(41-52-54(48,49)51-39-38-45(3,4)5)53-44(47)37-35-33-31-29-27-25-23-21-19-17-15-13-11-9-7-2/h42H,6-41H2,1-5H3/t42-/m1/s1/i1D3,2D3,3D3,4D3,5D3,6D2,7D2,8D2,9D2,10D2,11D2,12D2,13D2,14D2,15D2,16D2,17D2,18D2,19D2,20D2,21D2,22D2,23D2,24D2,25D2,26D2,27D2,28D2,29D2,30D2,31D2,32D2,33D2,34D2,35D2,36D2,37D2,38D2,39D2.